The maximum atomic E-state index is 13.8. The standard InChI is InChI=1S/C22H26FN3/c1-2-6-18-13-19(23)14-20-22(18)25-21(24-20)15-26-11-9-17(10-12-26)16-7-4-3-5-8-16/h3-5,7-8,13-14,17H,2,6,9-12,15H2,1H3,(H,24,25). The molecule has 0 amide bonds. The molecular weight excluding hydrogens is 325 g/mol. The van der Waals surface area contributed by atoms with Crippen molar-refractivity contribution in [2.75, 3.05) is 13.1 Å². The van der Waals surface area contributed by atoms with Crippen LogP contribution in [0.1, 0.15) is 49.1 Å². The fraction of sp³-hybridized carbons (Fsp3) is 0.409. The summed E-state index contributed by atoms with van der Waals surface area (Å²) >= 11 is 0. The fourth-order valence-corrected chi connectivity index (χ4v) is 4.10. The van der Waals surface area contributed by atoms with Gasteiger partial charge >= 0.3 is 0 Å². The number of nitrogens with zero attached hydrogens (tertiary/aromatic N) is 2. The van der Waals surface area contributed by atoms with Gasteiger partial charge in [0, 0.05) is 0 Å². The van der Waals surface area contributed by atoms with E-state index in [1.54, 1.807) is 12.1 Å². The molecule has 0 atom stereocenters. The van der Waals surface area contributed by atoms with Crippen molar-refractivity contribution in [3.8, 4) is 0 Å². The summed E-state index contributed by atoms with van der Waals surface area (Å²) in [6.45, 7) is 5.07. The van der Waals surface area contributed by atoms with E-state index in [1.165, 1.54) is 18.4 Å². The molecule has 3 aromatic rings. The number of halogens is 1. The lowest BCUT2D eigenvalue weighted by Crippen LogP contribution is -2.32. The van der Waals surface area contributed by atoms with E-state index in [-0.39, 0.29) is 5.82 Å². The zero-order valence-corrected chi connectivity index (χ0v) is 15.3. The molecule has 1 N–H and O–H groups in total. The van der Waals surface area contributed by atoms with E-state index < -0.39 is 0 Å². The highest BCUT2D eigenvalue weighted by atomic mass is 19.1. The molecule has 0 bridgehead atoms. The molecular formula is C22H26FN3. The third-order valence-electron chi connectivity index (χ3n) is 5.43. The number of benzene rings is 2. The summed E-state index contributed by atoms with van der Waals surface area (Å²) in [4.78, 5) is 10.6. The number of fused-ring (bicyclic) bond motifs is 1. The highest BCUT2D eigenvalue weighted by Crippen LogP contribution is 2.28. The Balaban J connectivity index is 1.44. The van der Waals surface area contributed by atoms with Gasteiger partial charge in [0.15, 0.2) is 0 Å². The lowest BCUT2D eigenvalue weighted by Gasteiger charge is -2.31. The van der Waals surface area contributed by atoms with Gasteiger partial charge in [0.1, 0.15) is 11.6 Å². The zero-order chi connectivity index (χ0) is 17.9. The Morgan fingerprint density at radius 2 is 1.92 bits per heavy atom. The molecule has 3 nitrogen and oxygen atoms in total. The molecule has 2 heterocycles. The van der Waals surface area contributed by atoms with E-state index in [0.717, 1.165) is 54.9 Å². The van der Waals surface area contributed by atoms with E-state index in [4.69, 9.17) is 4.98 Å². The molecule has 0 radical (unpaired) electrons. The molecule has 1 aromatic heterocycles. The maximum Gasteiger partial charge on any atom is 0.125 e. The van der Waals surface area contributed by atoms with Crippen molar-refractivity contribution in [1.82, 2.24) is 14.9 Å². The molecule has 1 saturated heterocycles. The van der Waals surface area contributed by atoms with Crippen molar-refractivity contribution in [2.24, 2.45) is 0 Å². The van der Waals surface area contributed by atoms with Gasteiger partial charge in [0.05, 0.1) is 17.6 Å². The van der Waals surface area contributed by atoms with Crippen molar-refractivity contribution < 1.29 is 4.39 Å². The number of aromatic nitrogens is 2. The van der Waals surface area contributed by atoms with Crippen LogP contribution in [-0.4, -0.2) is 28.0 Å². The third-order valence-corrected chi connectivity index (χ3v) is 5.43. The van der Waals surface area contributed by atoms with Crippen LogP contribution >= 0.6 is 0 Å². The summed E-state index contributed by atoms with van der Waals surface area (Å²) in [5.41, 5.74) is 4.22. The van der Waals surface area contributed by atoms with E-state index in [9.17, 15) is 4.39 Å². The minimum atomic E-state index is -0.181. The molecule has 136 valence electrons. The first-order valence-corrected chi connectivity index (χ1v) is 9.67. The third kappa shape index (κ3) is 3.65. The largest absolute Gasteiger partial charge is 0.341 e. The maximum absolute atomic E-state index is 13.8. The second kappa shape index (κ2) is 7.58. The first-order valence-electron chi connectivity index (χ1n) is 9.67. The molecule has 26 heavy (non-hydrogen) atoms. The van der Waals surface area contributed by atoms with Crippen LogP contribution in [0.2, 0.25) is 0 Å². The number of H-pyrrole nitrogens is 1. The lowest BCUT2D eigenvalue weighted by atomic mass is 9.89. The van der Waals surface area contributed by atoms with Crippen LogP contribution < -0.4 is 0 Å². The SMILES string of the molecule is CCCc1cc(F)cc2[nH]c(CN3CCC(c4ccccc4)CC3)nc12. The quantitative estimate of drug-likeness (QED) is 0.699. The van der Waals surface area contributed by atoms with Crippen LogP contribution in [-0.2, 0) is 13.0 Å². The Bertz CT molecular complexity index is 864. The Morgan fingerprint density at radius 3 is 2.65 bits per heavy atom. The highest BCUT2D eigenvalue weighted by molar-refractivity contribution is 5.79. The van der Waals surface area contributed by atoms with Crippen molar-refractivity contribution in [1.29, 1.82) is 0 Å². The number of nitrogens with one attached hydrogen (secondary N) is 1. The van der Waals surface area contributed by atoms with E-state index in [1.807, 2.05) is 0 Å². The summed E-state index contributed by atoms with van der Waals surface area (Å²) in [5, 5.41) is 0. The highest BCUT2D eigenvalue weighted by Gasteiger charge is 2.21. The van der Waals surface area contributed by atoms with Gasteiger partial charge in [0.25, 0.3) is 0 Å². The second-order valence-corrected chi connectivity index (χ2v) is 7.36. The van der Waals surface area contributed by atoms with Crippen LogP contribution in [0.25, 0.3) is 11.0 Å². The van der Waals surface area contributed by atoms with Crippen LogP contribution in [0.5, 0.6) is 0 Å². The first-order chi connectivity index (χ1) is 12.7. The van der Waals surface area contributed by atoms with E-state index in [2.05, 4.69) is 47.1 Å². The van der Waals surface area contributed by atoms with Gasteiger partial charge in [-0.15, -0.1) is 0 Å². The minimum absolute atomic E-state index is 0.181. The first kappa shape index (κ1) is 17.2. The van der Waals surface area contributed by atoms with Crippen LogP contribution in [0.4, 0.5) is 4.39 Å². The van der Waals surface area contributed by atoms with Gasteiger partial charge < -0.3 is 4.98 Å². The molecule has 0 spiro atoms. The molecule has 0 aliphatic carbocycles. The van der Waals surface area contributed by atoms with Crippen LogP contribution in [0, 0.1) is 5.82 Å². The molecule has 2 aromatic carbocycles. The molecule has 1 aliphatic heterocycles. The van der Waals surface area contributed by atoms with Gasteiger partial charge in [-0.1, -0.05) is 43.7 Å². The normalized spacial score (nSPS) is 16.4. The van der Waals surface area contributed by atoms with E-state index in [0.29, 0.717) is 5.92 Å². The van der Waals surface area contributed by atoms with Crippen molar-refractivity contribution >= 4 is 11.0 Å². The number of hydrogen-bond donors (Lipinski definition) is 1. The summed E-state index contributed by atoms with van der Waals surface area (Å²) in [6.07, 6.45) is 4.22. The topological polar surface area (TPSA) is 31.9 Å². The summed E-state index contributed by atoms with van der Waals surface area (Å²) in [7, 11) is 0. The Kier molecular flexibility index (Phi) is 5.02. The van der Waals surface area contributed by atoms with Gasteiger partial charge in [-0.2, -0.15) is 0 Å². The monoisotopic (exact) mass is 351 g/mol. The van der Waals surface area contributed by atoms with Gasteiger partial charge in [0.2, 0.25) is 0 Å². The van der Waals surface area contributed by atoms with E-state index >= 15 is 0 Å². The van der Waals surface area contributed by atoms with Crippen molar-refractivity contribution in [3.63, 3.8) is 0 Å². The number of rotatable bonds is 5. The number of aryl methyl sites for hydroxylation is 1. The molecule has 0 unspecified atom stereocenters. The van der Waals surface area contributed by atoms with Gasteiger partial charge in [-0.05, 0) is 61.5 Å². The van der Waals surface area contributed by atoms with Crippen LogP contribution in [0.3, 0.4) is 0 Å². The van der Waals surface area contributed by atoms with Crippen molar-refractivity contribution in [3.05, 3.63) is 65.2 Å². The molecule has 4 heteroatoms. The summed E-state index contributed by atoms with van der Waals surface area (Å²) in [6, 6.07) is 14.0. The summed E-state index contributed by atoms with van der Waals surface area (Å²) in [5.74, 6) is 1.43. The molecule has 1 aliphatic rings. The molecule has 4 rings (SSSR count). The zero-order valence-electron chi connectivity index (χ0n) is 15.3. The Labute approximate surface area is 154 Å². The lowest BCUT2D eigenvalue weighted by molar-refractivity contribution is 0.201. The number of imidazole rings is 1. The number of piperidine rings is 1. The van der Waals surface area contributed by atoms with Crippen LogP contribution in [0.15, 0.2) is 42.5 Å². The van der Waals surface area contributed by atoms with Gasteiger partial charge in [-0.3, -0.25) is 4.90 Å². The fourth-order valence-electron chi connectivity index (χ4n) is 4.10. The average Bonchev–Trinajstić information content (AvgIpc) is 3.05. The van der Waals surface area contributed by atoms with Gasteiger partial charge in [-0.25, -0.2) is 9.37 Å². The minimum Gasteiger partial charge on any atom is -0.341 e. The average molecular weight is 351 g/mol. The predicted molar refractivity (Wildman–Crippen MR) is 104 cm³/mol. The number of likely N-dealkylation sites (tertiary alicyclic amines) is 1. The number of hydrogen-bond acceptors (Lipinski definition) is 2. The number of aromatic amines is 1. The Hall–Kier alpha value is -2.20. The predicted octanol–water partition coefficient (Wildman–Crippen LogP) is 5.03. The van der Waals surface area contributed by atoms with Crippen molar-refractivity contribution in [2.45, 2.75) is 45.1 Å². The Morgan fingerprint density at radius 1 is 1.15 bits per heavy atom. The molecule has 0 saturated carbocycles. The molecule has 1 fully saturated rings. The summed E-state index contributed by atoms with van der Waals surface area (Å²) < 4.78 is 13.8. The smallest absolute Gasteiger partial charge is 0.125 e. The second-order valence-electron chi connectivity index (χ2n) is 7.36.